The van der Waals surface area contributed by atoms with E-state index in [2.05, 4.69) is 27.8 Å². The Morgan fingerprint density at radius 3 is 2.70 bits per heavy atom. The first-order valence-corrected chi connectivity index (χ1v) is 12.5. The molecule has 0 aliphatic carbocycles. The van der Waals surface area contributed by atoms with Crippen molar-refractivity contribution in [2.75, 3.05) is 12.3 Å². The van der Waals surface area contributed by atoms with Gasteiger partial charge in [0.15, 0.2) is 11.8 Å². The molecule has 7 N–H and O–H groups in total. The summed E-state index contributed by atoms with van der Waals surface area (Å²) in [6, 6.07) is 1.51. The Kier molecular flexibility index (Phi) is 7.35. The number of aromatic nitrogens is 3. The smallest absolute Gasteiger partial charge is 0.386 e. The normalized spacial score (nSPS) is 29.3. The number of terminal acetylenes is 1. The summed E-state index contributed by atoms with van der Waals surface area (Å²) in [5.74, 6) is 2.15. The maximum absolute atomic E-state index is 11.8. The van der Waals surface area contributed by atoms with E-state index in [1.165, 1.54) is 16.8 Å². The van der Waals surface area contributed by atoms with Gasteiger partial charge < -0.3 is 30.1 Å². The van der Waals surface area contributed by atoms with Gasteiger partial charge in [0.05, 0.1) is 5.39 Å². The highest BCUT2D eigenvalue weighted by Gasteiger charge is 2.57. The van der Waals surface area contributed by atoms with Crippen molar-refractivity contribution in [3.63, 3.8) is 0 Å². The molecular weight excluding hydrogens is 513 g/mol. The van der Waals surface area contributed by atoms with Crippen molar-refractivity contribution < 1.29 is 61.5 Å². The van der Waals surface area contributed by atoms with Crippen LogP contribution >= 0.6 is 23.9 Å². The number of ether oxygens (including phenoxy) is 1. The Labute approximate surface area is 184 Å². The van der Waals surface area contributed by atoms with Crippen molar-refractivity contribution >= 4 is 40.8 Å². The number of rotatable bonds is 9. The molecule has 0 bridgehead atoms. The molecule has 0 saturated carbocycles. The maximum atomic E-state index is 11.8. The second-order valence-electron chi connectivity index (χ2n) is 6.36. The number of anilines is 1. The van der Waals surface area contributed by atoms with E-state index in [4.69, 9.17) is 27.0 Å². The molecule has 2 aromatic heterocycles. The summed E-state index contributed by atoms with van der Waals surface area (Å²) >= 11 is 0. The lowest BCUT2D eigenvalue weighted by molar-refractivity contribution is -0.157. The average Bonchev–Trinajstić information content (AvgIpc) is 3.26. The van der Waals surface area contributed by atoms with E-state index in [9.17, 15) is 28.8 Å². The lowest BCUT2D eigenvalue weighted by Gasteiger charge is -2.26. The van der Waals surface area contributed by atoms with Crippen LogP contribution in [0.4, 0.5) is 5.82 Å². The van der Waals surface area contributed by atoms with E-state index in [0.29, 0.717) is 5.39 Å². The Bertz CT molecular complexity index is 1200. The molecule has 3 heterocycles. The predicted octanol–water partition coefficient (Wildman–Crippen LogP) is 0.0337. The van der Waals surface area contributed by atoms with Crippen molar-refractivity contribution in [1.82, 2.24) is 14.5 Å². The van der Waals surface area contributed by atoms with Crippen LogP contribution in [0.3, 0.4) is 0 Å². The van der Waals surface area contributed by atoms with Gasteiger partial charge in [0.2, 0.25) is 0 Å². The number of aliphatic hydroxyl groups excluding tert-OH is 1. The van der Waals surface area contributed by atoms with Crippen LogP contribution in [0.15, 0.2) is 18.6 Å². The summed E-state index contributed by atoms with van der Waals surface area (Å²) in [5.41, 5.74) is 3.65. The number of nitrogen functional groups attached to an aromatic ring is 1. The van der Waals surface area contributed by atoms with Crippen LogP contribution < -0.4 is 5.73 Å². The first kappa shape index (κ1) is 25.8. The maximum Gasteiger partial charge on any atom is 0.708 e. The number of phosphoric acid groups is 2. The number of fused-ring (bicyclic) bond motifs is 1. The molecule has 1 aliphatic heterocycles. The van der Waals surface area contributed by atoms with Gasteiger partial charge in [-0.1, -0.05) is 5.92 Å². The number of nitrogens with two attached hydrogens (primary N) is 1. The van der Waals surface area contributed by atoms with Crippen molar-refractivity contribution in [3.05, 3.63) is 18.6 Å². The summed E-state index contributed by atoms with van der Waals surface area (Å²) in [6.45, 7) is -0.805. The lowest BCUT2D eigenvalue weighted by Crippen LogP contribution is -2.45. The Morgan fingerprint density at radius 2 is 2.06 bits per heavy atom. The fourth-order valence-corrected chi connectivity index (χ4v) is 5.60. The van der Waals surface area contributed by atoms with Crippen molar-refractivity contribution in [3.8, 4) is 12.3 Å². The van der Waals surface area contributed by atoms with Gasteiger partial charge in [-0.3, -0.25) is 4.89 Å². The van der Waals surface area contributed by atoms with Crippen LogP contribution in [-0.4, -0.2) is 64.2 Å². The van der Waals surface area contributed by atoms with E-state index < -0.39 is 54.5 Å². The highest BCUT2D eigenvalue weighted by molar-refractivity contribution is 7.64. The van der Waals surface area contributed by atoms with Crippen LogP contribution in [-0.2, 0) is 36.3 Å². The van der Waals surface area contributed by atoms with Crippen molar-refractivity contribution in [2.45, 2.75) is 24.0 Å². The van der Waals surface area contributed by atoms with E-state index in [0.717, 1.165) is 6.33 Å². The molecule has 3 rings (SSSR count). The van der Waals surface area contributed by atoms with Gasteiger partial charge in [0.1, 0.15) is 36.6 Å². The third kappa shape index (κ3) is 5.29. The minimum absolute atomic E-state index is 0.130. The van der Waals surface area contributed by atoms with E-state index in [1.807, 2.05) is 5.92 Å². The van der Waals surface area contributed by atoms with Gasteiger partial charge in [-0.05, 0) is 10.4 Å². The number of hydrogen-bond acceptors (Lipinski definition) is 14. The molecule has 33 heavy (non-hydrogen) atoms. The molecular formula is C13H16N4O13P3+. The van der Waals surface area contributed by atoms with E-state index in [1.54, 1.807) is 0 Å². The second kappa shape index (κ2) is 9.41. The van der Waals surface area contributed by atoms with Crippen LogP contribution in [0.2, 0.25) is 0 Å². The molecule has 180 valence electrons. The van der Waals surface area contributed by atoms with Crippen molar-refractivity contribution in [2.24, 2.45) is 0 Å². The molecule has 1 aliphatic rings. The van der Waals surface area contributed by atoms with E-state index in [-0.39, 0.29) is 11.5 Å². The van der Waals surface area contributed by atoms with Gasteiger partial charge in [0, 0.05) is 10.8 Å². The van der Waals surface area contributed by atoms with Crippen molar-refractivity contribution in [1.29, 1.82) is 0 Å². The summed E-state index contributed by atoms with van der Waals surface area (Å²) < 4.78 is 56.3. The molecule has 0 amide bonds. The zero-order valence-corrected chi connectivity index (χ0v) is 18.7. The first-order valence-electron chi connectivity index (χ1n) is 8.44. The minimum atomic E-state index is -5.50. The minimum Gasteiger partial charge on any atom is -0.386 e. The molecule has 0 spiro atoms. The first-order chi connectivity index (χ1) is 15.3. The molecule has 7 atom stereocenters. The molecule has 20 heteroatoms. The third-order valence-electron chi connectivity index (χ3n) is 4.33. The number of aliphatic hydroxyl groups is 2. The predicted molar refractivity (Wildman–Crippen MR) is 105 cm³/mol. The van der Waals surface area contributed by atoms with Gasteiger partial charge >= 0.3 is 23.9 Å². The fraction of sp³-hybridized carbons (Fsp3) is 0.385. The summed E-state index contributed by atoms with van der Waals surface area (Å²) in [6.07, 6.45) is 3.28. The largest absolute Gasteiger partial charge is 0.708 e. The SMILES string of the molecule is C#C[C@@]1(O)[C@H](O)[C@@H](CO[P+](=O)OP(=O)(O)OP(=O)(O)OO)O[C@H]1n1ccc2c(N)ncnc21. The third-order valence-corrected chi connectivity index (χ3v) is 7.91. The van der Waals surface area contributed by atoms with Crippen LogP contribution in [0.5, 0.6) is 0 Å². The molecule has 2 aromatic rings. The Balaban J connectivity index is 1.73. The summed E-state index contributed by atoms with van der Waals surface area (Å²) in [7, 11) is -14.4. The highest BCUT2D eigenvalue weighted by Crippen LogP contribution is 2.63. The lowest BCUT2D eigenvalue weighted by atomic mass is 9.95. The van der Waals surface area contributed by atoms with Gasteiger partial charge in [0.25, 0.3) is 0 Å². The Morgan fingerprint density at radius 1 is 1.36 bits per heavy atom. The van der Waals surface area contributed by atoms with Gasteiger partial charge in [-0.25, -0.2) is 24.4 Å². The second-order valence-corrected chi connectivity index (χ2v) is 10.4. The monoisotopic (exact) mass is 529 g/mol. The standard InChI is InChI=1S/C13H15N4O13P3/c1-2-13(19)9(18)8(5-26-31(21)29-33(24,25)30-32(22,23)28-20)27-12(13)17-4-3-7-10(14)15-6-16-11(7)17/h1,3-4,6,8-9,12,18-19H,5H2,(H4-,14,15,16,20,22,23,24,25)/p+1/t8-,9-,12-,13-/m1/s1. The Hall–Kier alpha value is -1.86. The van der Waals surface area contributed by atoms with Crippen LogP contribution in [0.1, 0.15) is 6.23 Å². The topological polar surface area (TPSA) is 255 Å². The zero-order chi connectivity index (χ0) is 24.6. The molecule has 0 radical (unpaired) electrons. The molecule has 1 saturated heterocycles. The van der Waals surface area contributed by atoms with Crippen LogP contribution in [0.25, 0.3) is 11.0 Å². The fourth-order valence-electron chi connectivity index (χ4n) is 2.92. The zero-order valence-electron chi connectivity index (χ0n) is 16.0. The quantitative estimate of drug-likeness (QED) is 0.108. The molecule has 0 aromatic carbocycles. The highest BCUT2D eigenvalue weighted by atomic mass is 31.3. The molecule has 1 fully saturated rings. The van der Waals surface area contributed by atoms with E-state index >= 15 is 0 Å². The number of hydrogen-bond donors (Lipinski definition) is 6. The average molecular weight is 529 g/mol. The summed E-state index contributed by atoms with van der Waals surface area (Å²) in [5, 5.41) is 29.8. The van der Waals surface area contributed by atoms with Crippen LogP contribution in [0, 0.1) is 12.3 Å². The molecule has 3 unspecified atom stereocenters. The van der Waals surface area contributed by atoms with Gasteiger partial charge in [-0.2, -0.15) is 4.31 Å². The summed E-state index contributed by atoms with van der Waals surface area (Å²) in [4.78, 5) is 25.9. The van der Waals surface area contributed by atoms with Gasteiger partial charge in [-0.15, -0.1) is 15.6 Å². The number of nitrogens with zero attached hydrogens (tertiary/aromatic N) is 3. The molecule has 17 nitrogen and oxygen atoms in total.